The zero-order chi connectivity index (χ0) is 13.5. The lowest BCUT2D eigenvalue weighted by Gasteiger charge is -2.13. The Morgan fingerprint density at radius 2 is 1.79 bits per heavy atom. The Labute approximate surface area is 113 Å². The Morgan fingerprint density at radius 1 is 1.11 bits per heavy atom. The second-order valence-electron chi connectivity index (χ2n) is 4.52. The first-order valence-corrected chi connectivity index (χ1v) is 6.48. The molecule has 3 nitrogen and oxygen atoms in total. The molecule has 1 atom stereocenters. The summed E-state index contributed by atoms with van der Waals surface area (Å²) in [6.07, 6.45) is 4.68. The molecule has 2 aromatic rings. The van der Waals surface area contributed by atoms with E-state index >= 15 is 0 Å². The highest BCUT2D eigenvalue weighted by Crippen LogP contribution is 2.17. The van der Waals surface area contributed by atoms with Crippen LogP contribution in [0.4, 0.5) is 0 Å². The van der Waals surface area contributed by atoms with Crippen LogP contribution < -0.4 is 5.73 Å². The summed E-state index contributed by atoms with van der Waals surface area (Å²) < 4.78 is 0. The molecule has 98 valence electrons. The van der Waals surface area contributed by atoms with Crippen LogP contribution in [0.1, 0.15) is 23.5 Å². The molecule has 1 heterocycles. The topological polar surface area (TPSA) is 56.0 Å². The molecule has 19 heavy (non-hydrogen) atoms. The third-order valence-electron chi connectivity index (χ3n) is 3.24. The monoisotopic (exact) mass is 254 g/mol. The Hall–Kier alpha value is -2.00. The molecule has 2 N–H and O–H groups in total. The smallest absolute Gasteiger partial charge is 0.141 e. The van der Waals surface area contributed by atoms with Crippen molar-refractivity contribution in [2.75, 3.05) is 6.54 Å². The SMILES string of the molecule is NC[C@@H](C(=O)CCc1ccccc1)c1ccncc1. The average molecular weight is 254 g/mol. The molecule has 0 amide bonds. The number of carbonyl (C=O) groups excluding carboxylic acids is 1. The number of hydrogen-bond donors (Lipinski definition) is 1. The maximum absolute atomic E-state index is 12.2. The van der Waals surface area contributed by atoms with E-state index in [9.17, 15) is 4.79 Å². The van der Waals surface area contributed by atoms with E-state index < -0.39 is 0 Å². The van der Waals surface area contributed by atoms with Crippen LogP contribution in [0.2, 0.25) is 0 Å². The summed E-state index contributed by atoms with van der Waals surface area (Å²) in [5.74, 6) is -0.0238. The highest BCUT2D eigenvalue weighted by molar-refractivity contribution is 5.86. The number of nitrogens with zero attached hydrogens (tertiary/aromatic N) is 1. The van der Waals surface area contributed by atoms with Crippen molar-refractivity contribution in [1.29, 1.82) is 0 Å². The van der Waals surface area contributed by atoms with E-state index in [-0.39, 0.29) is 11.7 Å². The van der Waals surface area contributed by atoms with Gasteiger partial charge in [-0.2, -0.15) is 0 Å². The molecule has 0 spiro atoms. The first-order valence-electron chi connectivity index (χ1n) is 6.48. The van der Waals surface area contributed by atoms with Gasteiger partial charge >= 0.3 is 0 Å². The van der Waals surface area contributed by atoms with Gasteiger partial charge in [0.1, 0.15) is 5.78 Å². The predicted octanol–water partition coefficient (Wildman–Crippen LogP) is 2.33. The average Bonchev–Trinajstić information content (AvgIpc) is 2.48. The maximum Gasteiger partial charge on any atom is 0.141 e. The fourth-order valence-corrected chi connectivity index (χ4v) is 2.14. The number of Topliss-reactive ketones (excluding diaryl/α,β-unsaturated/α-hetero) is 1. The van der Waals surface area contributed by atoms with Crippen molar-refractivity contribution in [1.82, 2.24) is 4.98 Å². The highest BCUT2D eigenvalue weighted by Gasteiger charge is 2.18. The van der Waals surface area contributed by atoms with Crippen molar-refractivity contribution in [2.24, 2.45) is 5.73 Å². The minimum atomic E-state index is -0.216. The quantitative estimate of drug-likeness (QED) is 0.860. The van der Waals surface area contributed by atoms with Gasteiger partial charge in [0, 0.05) is 25.4 Å². The molecule has 0 radical (unpaired) electrons. The number of benzene rings is 1. The molecular formula is C16H18N2O. The molecule has 0 fully saturated rings. The van der Waals surface area contributed by atoms with E-state index in [1.807, 2.05) is 42.5 Å². The largest absolute Gasteiger partial charge is 0.329 e. The number of hydrogen-bond acceptors (Lipinski definition) is 3. The second kappa shape index (κ2) is 6.81. The van der Waals surface area contributed by atoms with Crippen molar-refractivity contribution in [3.63, 3.8) is 0 Å². The summed E-state index contributed by atoms with van der Waals surface area (Å²) in [5, 5.41) is 0. The molecule has 0 saturated carbocycles. The van der Waals surface area contributed by atoms with Gasteiger partial charge in [-0.05, 0) is 29.7 Å². The van der Waals surface area contributed by atoms with Gasteiger partial charge in [-0.15, -0.1) is 0 Å². The van der Waals surface area contributed by atoms with Crippen LogP contribution in [0.5, 0.6) is 0 Å². The van der Waals surface area contributed by atoms with Crippen LogP contribution in [0.15, 0.2) is 54.9 Å². The summed E-state index contributed by atoms with van der Waals surface area (Å²) in [6.45, 7) is 0.345. The van der Waals surface area contributed by atoms with Crippen LogP contribution >= 0.6 is 0 Å². The van der Waals surface area contributed by atoms with E-state index in [1.54, 1.807) is 12.4 Å². The minimum absolute atomic E-state index is 0.192. The van der Waals surface area contributed by atoms with Gasteiger partial charge in [0.2, 0.25) is 0 Å². The van der Waals surface area contributed by atoms with Crippen LogP contribution in [0.25, 0.3) is 0 Å². The molecule has 3 heteroatoms. The number of aromatic nitrogens is 1. The number of aryl methyl sites for hydroxylation is 1. The fraction of sp³-hybridized carbons (Fsp3) is 0.250. The summed E-state index contributed by atoms with van der Waals surface area (Å²) >= 11 is 0. The third kappa shape index (κ3) is 3.73. The first kappa shape index (κ1) is 13.4. The lowest BCUT2D eigenvalue weighted by molar-refractivity contribution is -0.120. The van der Waals surface area contributed by atoms with Crippen LogP contribution in [0.3, 0.4) is 0 Å². The van der Waals surface area contributed by atoms with Gasteiger partial charge in [0.15, 0.2) is 0 Å². The third-order valence-corrected chi connectivity index (χ3v) is 3.24. The molecule has 0 aliphatic rings. The maximum atomic E-state index is 12.2. The van der Waals surface area contributed by atoms with Crippen molar-refractivity contribution < 1.29 is 4.79 Å². The number of pyridine rings is 1. The molecule has 0 unspecified atom stereocenters. The second-order valence-corrected chi connectivity index (χ2v) is 4.52. The fourth-order valence-electron chi connectivity index (χ4n) is 2.14. The molecule has 0 saturated heterocycles. The van der Waals surface area contributed by atoms with Gasteiger partial charge in [0.25, 0.3) is 0 Å². The van der Waals surface area contributed by atoms with E-state index in [2.05, 4.69) is 4.98 Å². The minimum Gasteiger partial charge on any atom is -0.329 e. The normalized spacial score (nSPS) is 12.1. The zero-order valence-electron chi connectivity index (χ0n) is 10.8. The lowest BCUT2D eigenvalue weighted by Crippen LogP contribution is -2.22. The van der Waals surface area contributed by atoms with Crippen molar-refractivity contribution in [3.8, 4) is 0 Å². The van der Waals surface area contributed by atoms with E-state index in [4.69, 9.17) is 5.73 Å². The number of ketones is 1. The number of nitrogens with two attached hydrogens (primary N) is 1. The van der Waals surface area contributed by atoms with Gasteiger partial charge in [-0.1, -0.05) is 30.3 Å². The van der Waals surface area contributed by atoms with E-state index in [1.165, 1.54) is 5.56 Å². The van der Waals surface area contributed by atoms with Gasteiger partial charge in [-0.25, -0.2) is 0 Å². The Morgan fingerprint density at radius 3 is 2.42 bits per heavy atom. The Balaban J connectivity index is 1.98. The Kier molecular flexibility index (Phi) is 4.81. The molecule has 0 aliphatic heterocycles. The van der Waals surface area contributed by atoms with Crippen LogP contribution in [-0.4, -0.2) is 17.3 Å². The molecule has 1 aromatic heterocycles. The van der Waals surface area contributed by atoms with Gasteiger partial charge in [-0.3, -0.25) is 9.78 Å². The summed E-state index contributed by atoms with van der Waals surface area (Å²) in [7, 11) is 0. The van der Waals surface area contributed by atoms with Crippen molar-refractivity contribution >= 4 is 5.78 Å². The van der Waals surface area contributed by atoms with Gasteiger partial charge < -0.3 is 5.73 Å². The zero-order valence-corrected chi connectivity index (χ0v) is 10.8. The van der Waals surface area contributed by atoms with E-state index in [0.29, 0.717) is 13.0 Å². The first-order chi connectivity index (χ1) is 9.31. The van der Waals surface area contributed by atoms with Crippen molar-refractivity contribution in [2.45, 2.75) is 18.8 Å². The number of rotatable bonds is 6. The number of carbonyl (C=O) groups is 1. The molecule has 2 rings (SSSR count). The standard InChI is InChI=1S/C16H18N2O/c17-12-15(14-8-10-18-11-9-14)16(19)7-6-13-4-2-1-3-5-13/h1-5,8-11,15H,6-7,12,17H2/t15-/m1/s1. The lowest BCUT2D eigenvalue weighted by atomic mass is 9.92. The molecule has 0 aliphatic carbocycles. The highest BCUT2D eigenvalue weighted by atomic mass is 16.1. The van der Waals surface area contributed by atoms with Crippen molar-refractivity contribution in [3.05, 3.63) is 66.0 Å². The molecule has 1 aromatic carbocycles. The van der Waals surface area contributed by atoms with E-state index in [0.717, 1.165) is 12.0 Å². The summed E-state index contributed by atoms with van der Waals surface area (Å²) in [4.78, 5) is 16.2. The molecule has 0 bridgehead atoms. The van der Waals surface area contributed by atoms with Crippen LogP contribution in [-0.2, 0) is 11.2 Å². The van der Waals surface area contributed by atoms with Gasteiger partial charge in [0.05, 0.1) is 5.92 Å². The molecular weight excluding hydrogens is 236 g/mol. The Bertz CT molecular complexity index is 511. The summed E-state index contributed by atoms with van der Waals surface area (Å²) in [5.41, 5.74) is 7.87. The summed E-state index contributed by atoms with van der Waals surface area (Å²) in [6, 6.07) is 13.8. The predicted molar refractivity (Wildman–Crippen MR) is 75.8 cm³/mol. The van der Waals surface area contributed by atoms with Crippen LogP contribution in [0, 0.1) is 0 Å².